The van der Waals surface area contributed by atoms with E-state index >= 15 is 0 Å². The number of hydrogen-bond acceptors (Lipinski definition) is 4. The predicted molar refractivity (Wildman–Crippen MR) is 97.7 cm³/mol. The Hall–Kier alpha value is -2.70. The minimum atomic E-state index is -3.62. The van der Waals surface area contributed by atoms with E-state index in [4.69, 9.17) is 9.84 Å². The molecule has 3 aromatic rings. The summed E-state index contributed by atoms with van der Waals surface area (Å²) >= 11 is 0. The first-order valence-corrected chi connectivity index (χ1v) is 9.96. The fourth-order valence-electron chi connectivity index (χ4n) is 3.23. The molecule has 0 saturated carbocycles. The first kappa shape index (κ1) is 17.7. The van der Waals surface area contributed by atoms with Gasteiger partial charge in [-0.1, -0.05) is 30.3 Å². The average molecular weight is 384 g/mol. The number of benzene rings is 3. The quantitative estimate of drug-likeness (QED) is 0.743. The summed E-state index contributed by atoms with van der Waals surface area (Å²) < 4.78 is 45.7. The fourth-order valence-corrected chi connectivity index (χ4v) is 4.56. The van der Waals surface area contributed by atoms with Gasteiger partial charge in [-0.15, -0.1) is 0 Å². The zero-order chi connectivity index (χ0) is 19.0. The van der Waals surface area contributed by atoms with Crippen LogP contribution in [0.5, 0.6) is 5.75 Å². The number of aliphatic hydroxyl groups excluding tert-OH is 1. The number of ether oxygens (including phenoxy) is 1. The number of hydrogen-bond donors (Lipinski definition) is 1. The van der Waals surface area contributed by atoms with Crippen LogP contribution < -0.4 is 4.74 Å². The zero-order valence-corrected chi connectivity index (χ0v) is 15.1. The van der Waals surface area contributed by atoms with Crippen LogP contribution in [0.2, 0.25) is 0 Å². The van der Waals surface area contributed by atoms with E-state index in [9.17, 15) is 12.8 Å². The maximum atomic E-state index is 14.3. The molecule has 1 aliphatic rings. The Kier molecular flexibility index (Phi) is 4.45. The molecular weight excluding hydrogens is 367 g/mol. The summed E-state index contributed by atoms with van der Waals surface area (Å²) in [5.74, 6) is 0.106. The van der Waals surface area contributed by atoms with E-state index in [-0.39, 0.29) is 16.4 Å². The number of rotatable bonds is 4. The smallest absolute Gasteiger partial charge is 0.206 e. The van der Waals surface area contributed by atoms with Gasteiger partial charge in [-0.05, 0) is 47.5 Å². The van der Waals surface area contributed by atoms with E-state index in [1.54, 1.807) is 54.6 Å². The molecule has 27 heavy (non-hydrogen) atoms. The monoisotopic (exact) mass is 384 g/mol. The molecule has 1 aliphatic heterocycles. The van der Waals surface area contributed by atoms with Crippen molar-refractivity contribution in [3.63, 3.8) is 0 Å². The second kappa shape index (κ2) is 6.79. The van der Waals surface area contributed by atoms with Gasteiger partial charge in [-0.3, -0.25) is 0 Å². The van der Waals surface area contributed by atoms with Crippen LogP contribution in [0.15, 0.2) is 76.5 Å². The molecule has 3 aromatic carbocycles. The molecule has 1 N–H and O–H groups in total. The van der Waals surface area contributed by atoms with Crippen molar-refractivity contribution < 1.29 is 22.7 Å². The Labute approximate surface area is 156 Å². The zero-order valence-electron chi connectivity index (χ0n) is 14.3. The van der Waals surface area contributed by atoms with Gasteiger partial charge in [0.15, 0.2) is 0 Å². The predicted octanol–water partition coefficient (Wildman–Crippen LogP) is 3.83. The molecule has 1 heterocycles. The standard InChI is InChI=1S/C21H17FO4S/c22-19-10-14(13-23)6-8-18(19)21-12-15-11-17(7-9-20(15)26-21)27(24,25)16-4-2-1-3-5-16/h1-11,21,23H,12-13H2. The maximum Gasteiger partial charge on any atom is 0.206 e. The van der Waals surface area contributed by atoms with Crippen LogP contribution in [0.1, 0.15) is 22.8 Å². The molecule has 0 amide bonds. The van der Waals surface area contributed by atoms with Crippen LogP contribution in [0, 0.1) is 5.82 Å². The summed E-state index contributed by atoms with van der Waals surface area (Å²) in [5, 5.41) is 9.11. The van der Waals surface area contributed by atoms with Crippen molar-refractivity contribution in [2.45, 2.75) is 28.9 Å². The summed E-state index contributed by atoms with van der Waals surface area (Å²) in [6, 6.07) is 17.5. The van der Waals surface area contributed by atoms with E-state index < -0.39 is 21.8 Å². The maximum absolute atomic E-state index is 14.3. The molecule has 6 heteroatoms. The van der Waals surface area contributed by atoms with Gasteiger partial charge in [0.25, 0.3) is 0 Å². The Morgan fingerprint density at radius 3 is 2.48 bits per heavy atom. The van der Waals surface area contributed by atoms with Crippen molar-refractivity contribution in [1.29, 1.82) is 0 Å². The molecule has 0 radical (unpaired) electrons. The molecule has 0 spiro atoms. The van der Waals surface area contributed by atoms with Crippen molar-refractivity contribution in [2.75, 3.05) is 0 Å². The minimum Gasteiger partial charge on any atom is -0.485 e. The Bertz CT molecular complexity index is 1090. The van der Waals surface area contributed by atoms with Gasteiger partial charge in [-0.25, -0.2) is 12.8 Å². The lowest BCUT2D eigenvalue weighted by Crippen LogP contribution is -2.06. The highest BCUT2D eigenvalue weighted by atomic mass is 32.2. The van der Waals surface area contributed by atoms with Crippen LogP contribution in [0.25, 0.3) is 0 Å². The second-order valence-corrected chi connectivity index (χ2v) is 8.36. The third-order valence-corrected chi connectivity index (χ3v) is 6.43. The average Bonchev–Trinajstić information content (AvgIpc) is 3.11. The summed E-state index contributed by atoms with van der Waals surface area (Å²) in [6.45, 7) is -0.232. The van der Waals surface area contributed by atoms with Gasteiger partial charge in [0.05, 0.1) is 16.4 Å². The number of aliphatic hydroxyl groups is 1. The molecule has 1 atom stereocenters. The lowest BCUT2D eigenvalue weighted by molar-refractivity contribution is 0.232. The third kappa shape index (κ3) is 3.22. The summed E-state index contributed by atoms with van der Waals surface area (Å²) in [5.41, 5.74) is 1.60. The Balaban J connectivity index is 1.65. The minimum absolute atomic E-state index is 0.188. The van der Waals surface area contributed by atoms with E-state index in [1.165, 1.54) is 12.1 Å². The lowest BCUT2D eigenvalue weighted by atomic mass is 10.0. The van der Waals surface area contributed by atoms with Gasteiger partial charge in [0, 0.05) is 12.0 Å². The number of halogens is 1. The van der Waals surface area contributed by atoms with Crippen LogP contribution in [-0.4, -0.2) is 13.5 Å². The topological polar surface area (TPSA) is 63.6 Å². The SMILES string of the molecule is O=S(=O)(c1ccccc1)c1ccc2c(c1)CC(c1ccc(CO)cc1F)O2. The highest BCUT2D eigenvalue weighted by Gasteiger charge is 2.29. The van der Waals surface area contributed by atoms with Crippen molar-refractivity contribution in [3.8, 4) is 5.75 Å². The molecule has 1 unspecified atom stereocenters. The van der Waals surface area contributed by atoms with Crippen molar-refractivity contribution in [2.24, 2.45) is 0 Å². The van der Waals surface area contributed by atoms with E-state index in [0.29, 0.717) is 23.3 Å². The normalized spacial score (nSPS) is 16.0. The molecule has 4 rings (SSSR count). The van der Waals surface area contributed by atoms with Crippen molar-refractivity contribution in [1.82, 2.24) is 0 Å². The van der Waals surface area contributed by atoms with E-state index in [1.807, 2.05) is 0 Å². The highest BCUT2D eigenvalue weighted by molar-refractivity contribution is 7.91. The van der Waals surface area contributed by atoms with Gasteiger partial charge < -0.3 is 9.84 Å². The first-order chi connectivity index (χ1) is 13.0. The molecule has 0 aromatic heterocycles. The van der Waals surface area contributed by atoms with E-state index in [0.717, 1.165) is 5.56 Å². The molecule has 4 nitrogen and oxygen atoms in total. The van der Waals surface area contributed by atoms with Crippen molar-refractivity contribution >= 4 is 9.84 Å². The van der Waals surface area contributed by atoms with Gasteiger partial charge in [0.2, 0.25) is 9.84 Å². The Morgan fingerprint density at radius 1 is 1.00 bits per heavy atom. The van der Waals surface area contributed by atoms with Gasteiger partial charge in [-0.2, -0.15) is 0 Å². The highest BCUT2D eigenvalue weighted by Crippen LogP contribution is 2.39. The van der Waals surface area contributed by atoms with Crippen LogP contribution in [0.3, 0.4) is 0 Å². The van der Waals surface area contributed by atoms with Crippen molar-refractivity contribution in [3.05, 3.63) is 89.2 Å². The molecular formula is C21H17FO4S. The van der Waals surface area contributed by atoms with Gasteiger partial charge in [0.1, 0.15) is 17.7 Å². The fraction of sp³-hybridized carbons (Fsp3) is 0.143. The summed E-state index contributed by atoms with van der Waals surface area (Å²) in [4.78, 5) is 0.416. The molecule has 0 saturated heterocycles. The summed E-state index contributed by atoms with van der Waals surface area (Å²) in [6.07, 6.45) is -0.148. The van der Waals surface area contributed by atoms with Crippen LogP contribution >= 0.6 is 0 Å². The van der Waals surface area contributed by atoms with Gasteiger partial charge >= 0.3 is 0 Å². The number of sulfone groups is 1. The molecule has 0 fully saturated rings. The molecule has 0 aliphatic carbocycles. The molecule has 138 valence electrons. The number of fused-ring (bicyclic) bond motifs is 1. The first-order valence-electron chi connectivity index (χ1n) is 8.48. The van der Waals surface area contributed by atoms with Crippen LogP contribution in [0.4, 0.5) is 4.39 Å². The lowest BCUT2D eigenvalue weighted by Gasteiger charge is -2.12. The third-order valence-electron chi connectivity index (χ3n) is 4.66. The second-order valence-electron chi connectivity index (χ2n) is 6.41. The van der Waals surface area contributed by atoms with E-state index in [2.05, 4.69) is 0 Å². The van der Waals surface area contributed by atoms with Crippen LogP contribution in [-0.2, 0) is 22.9 Å². The summed E-state index contributed by atoms with van der Waals surface area (Å²) in [7, 11) is -3.62. The molecule has 0 bridgehead atoms. The largest absolute Gasteiger partial charge is 0.485 e. The Morgan fingerprint density at radius 2 is 1.78 bits per heavy atom.